The number of nitrogens with two attached hydrogens (primary N) is 1. The molecular formula is C17H27N3O. The Morgan fingerprint density at radius 3 is 2.52 bits per heavy atom. The molecule has 1 heterocycles. The van der Waals surface area contributed by atoms with Crippen molar-refractivity contribution in [3.05, 3.63) is 23.8 Å². The largest absolute Gasteiger partial charge is 0.397 e. The number of nitrogen functional groups attached to an aromatic ring is 1. The van der Waals surface area contributed by atoms with Crippen LogP contribution in [0.5, 0.6) is 0 Å². The summed E-state index contributed by atoms with van der Waals surface area (Å²) >= 11 is 0. The smallest absolute Gasteiger partial charge is 0.253 e. The van der Waals surface area contributed by atoms with Gasteiger partial charge in [-0.1, -0.05) is 19.8 Å². The Balaban J connectivity index is 2.02. The van der Waals surface area contributed by atoms with Gasteiger partial charge in [-0.2, -0.15) is 0 Å². The van der Waals surface area contributed by atoms with Crippen molar-refractivity contribution in [2.24, 2.45) is 5.92 Å². The molecule has 4 nitrogen and oxygen atoms in total. The van der Waals surface area contributed by atoms with Crippen LogP contribution in [0.15, 0.2) is 18.2 Å². The first-order valence-corrected chi connectivity index (χ1v) is 7.89. The van der Waals surface area contributed by atoms with Gasteiger partial charge in [0, 0.05) is 32.7 Å². The van der Waals surface area contributed by atoms with Crippen molar-refractivity contribution in [3.8, 4) is 0 Å². The summed E-state index contributed by atoms with van der Waals surface area (Å²) in [5, 5.41) is 0. The zero-order valence-corrected chi connectivity index (χ0v) is 13.4. The van der Waals surface area contributed by atoms with E-state index in [9.17, 15) is 4.79 Å². The van der Waals surface area contributed by atoms with Crippen molar-refractivity contribution in [2.45, 2.75) is 32.6 Å². The molecule has 0 spiro atoms. The number of benzene rings is 1. The summed E-state index contributed by atoms with van der Waals surface area (Å²) in [7, 11) is 3.90. The zero-order valence-electron chi connectivity index (χ0n) is 13.4. The highest BCUT2D eigenvalue weighted by Gasteiger charge is 2.23. The normalized spacial score (nSPS) is 16.0. The summed E-state index contributed by atoms with van der Waals surface area (Å²) < 4.78 is 0. The summed E-state index contributed by atoms with van der Waals surface area (Å²) in [4.78, 5) is 16.5. The van der Waals surface area contributed by atoms with Gasteiger partial charge in [-0.3, -0.25) is 4.79 Å². The molecule has 0 saturated carbocycles. The van der Waals surface area contributed by atoms with Crippen molar-refractivity contribution in [1.82, 2.24) is 4.90 Å². The second-order valence-corrected chi connectivity index (χ2v) is 6.19. The number of piperidine rings is 1. The third kappa shape index (κ3) is 3.69. The Kier molecular flexibility index (Phi) is 5.10. The number of nitrogens with zero attached hydrogens (tertiary/aromatic N) is 2. The predicted octanol–water partition coefficient (Wildman–Crippen LogP) is 2.99. The van der Waals surface area contributed by atoms with E-state index in [0.29, 0.717) is 11.3 Å². The molecule has 1 aliphatic rings. The molecule has 2 rings (SSSR count). The molecule has 0 aliphatic carbocycles. The lowest BCUT2D eigenvalue weighted by Gasteiger charge is -2.32. The van der Waals surface area contributed by atoms with E-state index in [2.05, 4.69) is 6.92 Å². The fraction of sp³-hybridized carbons (Fsp3) is 0.588. The van der Waals surface area contributed by atoms with Crippen LogP contribution in [-0.2, 0) is 0 Å². The van der Waals surface area contributed by atoms with E-state index in [1.54, 1.807) is 6.07 Å². The minimum absolute atomic E-state index is 0.113. The molecule has 0 unspecified atom stereocenters. The lowest BCUT2D eigenvalue weighted by atomic mass is 9.92. The van der Waals surface area contributed by atoms with Crippen LogP contribution in [0.2, 0.25) is 0 Å². The van der Waals surface area contributed by atoms with Gasteiger partial charge in [0.15, 0.2) is 0 Å². The first-order chi connectivity index (χ1) is 10.0. The van der Waals surface area contributed by atoms with Crippen LogP contribution in [0, 0.1) is 5.92 Å². The quantitative estimate of drug-likeness (QED) is 0.867. The highest BCUT2D eigenvalue weighted by molar-refractivity contribution is 5.96. The lowest BCUT2D eigenvalue weighted by molar-refractivity contribution is 0.0686. The van der Waals surface area contributed by atoms with E-state index in [0.717, 1.165) is 37.5 Å². The molecule has 0 atom stereocenters. The summed E-state index contributed by atoms with van der Waals surface area (Å²) in [6, 6.07) is 5.61. The number of hydrogen-bond acceptors (Lipinski definition) is 3. The second-order valence-electron chi connectivity index (χ2n) is 6.19. The molecule has 1 fully saturated rings. The van der Waals surface area contributed by atoms with Gasteiger partial charge >= 0.3 is 0 Å². The summed E-state index contributed by atoms with van der Waals surface area (Å²) in [5.74, 6) is 0.905. The van der Waals surface area contributed by atoms with Crippen LogP contribution >= 0.6 is 0 Å². The first-order valence-electron chi connectivity index (χ1n) is 7.89. The highest BCUT2D eigenvalue weighted by Crippen LogP contribution is 2.26. The Hall–Kier alpha value is -1.71. The van der Waals surface area contributed by atoms with Gasteiger partial charge < -0.3 is 15.5 Å². The maximum absolute atomic E-state index is 12.6. The van der Waals surface area contributed by atoms with Gasteiger partial charge in [-0.05, 0) is 37.0 Å². The Morgan fingerprint density at radius 1 is 1.33 bits per heavy atom. The average Bonchev–Trinajstić information content (AvgIpc) is 2.47. The molecule has 1 amide bonds. The third-order valence-corrected chi connectivity index (χ3v) is 4.35. The number of likely N-dealkylation sites (tertiary alicyclic amines) is 1. The topological polar surface area (TPSA) is 49.6 Å². The van der Waals surface area contributed by atoms with Crippen LogP contribution < -0.4 is 10.6 Å². The Labute approximate surface area is 127 Å². The number of anilines is 2. The van der Waals surface area contributed by atoms with Crippen molar-refractivity contribution >= 4 is 17.3 Å². The van der Waals surface area contributed by atoms with Crippen LogP contribution in [0.4, 0.5) is 11.4 Å². The molecule has 116 valence electrons. The van der Waals surface area contributed by atoms with Gasteiger partial charge in [0.05, 0.1) is 11.4 Å². The molecule has 2 N–H and O–H groups in total. The molecular weight excluding hydrogens is 262 g/mol. The van der Waals surface area contributed by atoms with Gasteiger partial charge in [0.25, 0.3) is 5.91 Å². The fourth-order valence-corrected chi connectivity index (χ4v) is 3.11. The van der Waals surface area contributed by atoms with Crippen LogP contribution in [-0.4, -0.2) is 38.0 Å². The van der Waals surface area contributed by atoms with Crippen LogP contribution in [0.25, 0.3) is 0 Å². The van der Waals surface area contributed by atoms with Gasteiger partial charge in [-0.25, -0.2) is 0 Å². The molecule has 0 bridgehead atoms. The Morgan fingerprint density at radius 2 is 2.00 bits per heavy atom. The first kappa shape index (κ1) is 15.7. The van der Waals surface area contributed by atoms with Gasteiger partial charge in [0.2, 0.25) is 0 Å². The van der Waals surface area contributed by atoms with E-state index >= 15 is 0 Å². The number of rotatable bonds is 4. The summed E-state index contributed by atoms with van der Waals surface area (Å²) in [6.07, 6.45) is 4.78. The molecule has 1 saturated heterocycles. The van der Waals surface area contributed by atoms with Gasteiger partial charge in [0.1, 0.15) is 0 Å². The summed E-state index contributed by atoms with van der Waals surface area (Å²) in [5.41, 5.74) is 8.35. The molecule has 21 heavy (non-hydrogen) atoms. The number of amides is 1. The van der Waals surface area contributed by atoms with Gasteiger partial charge in [-0.15, -0.1) is 0 Å². The van der Waals surface area contributed by atoms with E-state index in [4.69, 9.17) is 5.73 Å². The van der Waals surface area contributed by atoms with Crippen molar-refractivity contribution in [3.63, 3.8) is 0 Å². The molecule has 0 radical (unpaired) electrons. The zero-order chi connectivity index (χ0) is 15.4. The molecule has 4 heteroatoms. The van der Waals surface area contributed by atoms with Crippen molar-refractivity contribution < 1.29 is 4.79 Å². The number of hydrogen-bond donors (Lipinski definition) is 1. The SMILES string of the molecule is CCCC1CCN(C(=O)c2ccc(N(C)C)c(N)c2)CC1. The average molecular weight is 289 g/mol. The minimum Gasteiger partial charge on any atom is -0.397 e. The predicted molar refractivity (Wildman–Crippen MR) is 88.7 cm³/mol. The lowest BCUT2D eigenvalue weighted by Crippen LogP contribution is -2.38. The van der Waals surface area contributed by atoms with E-state index in [1.165, 1.54) is 12.8 Å². The van der Waals surface area contributed by atoms with Crippen molar-refractivity contribution in [1.29, 1.82) is 0 Å². The van der Waals surface area contributed by atoms with E-state index in [-0.39, 0.29) is 5.91 Å². The minimum atomic E-state index is 0.113. The monoisotopic (exact) mass is 289 g/mol. The molecule has 0 aromatic heterocycles. The van der Waals surface area contributed by atoms with Crippen molar-refractivity contribution in [2.75, 3.05) is 37.8 Å². The fourth-order valence-electron chi connectivity index (χ4n) is 3.11. The van der Waals surface area contributed by atoms with E-state index in [1.807, 2.05) is 36.0 Å². The number of carbonyl (C=O) groups is 1. The second kappa shape index (κ2) is 6.83. The molecule has 1 aromatic rings. The van der Waals surface area contributed by atoms with E-state index < -0.39 is 0 Å². The van der Waals surface area contributed by atoms with Crippen LogP contribution in [0.3, 0.4) is 0 Å². The maximum atomic E-state index is 12.6. The number of carbonyl (C=O) groups excluding carboxylic acids is 1. The standard InChI is InChI=1S/C17H27N3O/c1-4-5-13-8-10-20(11-9-13)17(21)14-6-7-16(19(2)3)15(18)12-14/h6-7,12-13H,4-5,8-11,18H2,1-3H3. The Bertz CT molecular complexity index is 491. The molecule has 1 aromatic carbocycles. The summed E-state index contributed by atoms with van der Waals surface area (Å²) in [6.45, 7) is 3.98. The maximum Gasteiger partial charge on any atom is 0.253 e. The highest BCUT2D eigenvalue weighted by atomic mass is 16.2. The molecule has 1 aliphatic heterocycles. The third-order valence-electron chi connectivity index (χ3n) is 4.35. The van der Waals surface area contributed by atoms with Crippen LogP contribution in [0.1, 0.15) is 43.0 Å².